The van der Waals surface area contributed by atoms with E-state index in [0.717, 1.165) is 0 Å². The summed E-state index contributed by atoms with van der Waals surface area (Å²) in [5.41, 5.74) is 5.57. The summed E-state index contributed by atoms with van der Waals surface area (Å²) in [5, 5.41) is 12.0. The zero-order chi connectivity index (χ0) is 10.8. The van der Waals surface area contributed by atoms with Gasteiger partial charge in [-0.1, -0.05) is 5.16 Å². The van der Waals surface area contributed by atoms with Crippen LogP contribution in [-0.4, -0.2) is 26.2 Å². The molecule has 0 atom stereocenters. The van der Waals surface area contributed by atoms with E-state index in [1.807, 2.05) is 0 Å². The summed E-state index contributed by atoms with van der Waals surface area (Å²) >= 11 is 0. The number of nitrogen functional groups attached to an aromatic ring is 1. The maximum Gasteiger partial charge on any atom is 0.328 e. The standard InChI is InChI=1S/C7H8N6O2/c1-3-9-7(15-13-3)10-6(14)4-2-5(8)12-11-4/h2H,1H3,(H3,8,11,12)(H,9,10,13,14). The molecule has 0 spiro atoms. The van der Waals surface area contributed by atoms with Gasteiger partial charge in [-0.25, -0.2) is 0 Å². The maximum atomic E-state index is 11.5. The van der Waals surface area contributed by atoms with Crippen LogP contribution < -0.4 is 11.1 Å². The minimum Gasteiger partial charge on any atom is -0.382 e. The first-order valence-electron chi connectivity index (χ1n) is 4.07. The van der Waals surface area contributed by atoms with E-state index in [1.54, 1.807) is 6.92 Å². The van der Waals surface area contributed by atoms with Gasteiger partial charge in [0.2, 0.25) is 0 Å². The smallest absolute Gasteiger partial charge is 0.328 e. The highest BCUT2D eigenvalue weighted by Gasteiger charge is 2.12. The first kappa shape index (κ1) is 9.19. The van der Waals surface area contributed by atoms with Crippen molar-refractivity contribution in [1.82, 2.24) is 20.3 Å². The number of carbonyl (C=O) groups excluding carboxylic acids is 1. The van der Waals surface area contributed by atoms with Gasteiger partial charge < -0.3 is 10.3 Å². The second kappa shape index (κ2) is 3.40. The number of amides is 1. The molecule has 78 valence electrons. The Hall–Kier alpha value is -2.38. The van der Waals surface area contributed by atoms with E-state index in [9.17, 15) is 4.79 Å². The third-order valence-corrected chi connectivity index (χ3v) is 1.59. The molecular formula is C7H8N6O2. The van der Waals surface area contributed by atoms with Gasteiger partial charge in [0, 0.05) is 6.07 Å². The van der Waals surface area contributed by atoms with Crippen molar-refractivity contribution in [2.24, 2.45) is 0 Å². The van der Waals surface area contributed by atoms with E-state index in [-0.39, 0.29) is 17.5 Å². The van der Waals surface area contributed by atoms with Gasteiger partial charge in [0.15, 0.2) is 5.82 Å². The fraction of sp³-hybridized carbons (Fsp3) is 0.143. The highest BCUT2D eigenvalue weighted by atomic mass is 16.5. The van der Waals surface area contributed by atoms with Crippen LogP contribution in [0.15, 0.2) is 10.6 Å². The Labute approximate surface area is 83.9 Å². The van der Waals surface area contributed by atoms with Crippen molar-refractivity contribution in [1.29, 1.82) is 0 Å². The molecule has 8 nitrogen and oxygen atoms in total. The first-order chi connectivity index (χ1) is 7.15. The van der Waals surface area contributed by atoms with E-state index in [2.05, 4.69) is 25.7 Å². The maximum absolute atomic E-state index is 11.5. The molecule has 0 unspecified atom stereocenters. The van der Waals surface area contributed by atoms with E-state index < -0.39 is 5.91 Å². The van der Waals surface area contributed by atoms with E-state index in [4.69, 9.17) is 10.3 Å². The van der Waals surface area contributed by atoms with Gasteiger partial charge in [-0.3, -0.25) is 15.2 Å². The highest BCUT2D eigenvalue weighted by molar-refractivity contribution is 6.01. The lowest BCUT2D eigenvalue weighted by Crippen LogP contribution is -2.12. The molecule has 8 heteroatoms. The molecule has 1 amide bonds. The molecule has 4 N–H and O–H groups in total. The summed E-state index contributed by atoms with van der Waals surface area (Å²) in [4.78, 5) is 15.3. The normalized spacial score (nSPS) is 10.2. The van der Waals surface area contributed by atoms with Gasteiger partial charge in [0.05, 0.1) is 0 Å². The molecule has 0 aliphatic heterocycles. The lowest BCUT2D eigenvalue weighted by molar-refractivity contribution is 0.101. The summed E-state index contributed by atoms with van der Waals surface area (Å²) in [6, 6.07) is 1.43. The molecule has 0 fully saturated rings. The van der Waals surface area contributed by atoms with Gasteiger partial charge in [-0.2, -0.15) is 10.1 Å². The first-order valence-corrected chi connectivity index (χ1v) is 4.07. The van der Waals surface area contributed by atoms with Crippen LogP contribution in [-0.2, 0) is 0 Å². The lowest BCUT2D eigenvalue weighted by atomic mass is 10.4. The topological polar surface area (TPSA) is 123 Å². The van der Waals surface area contributed by atoms with Crippen LogP contribution in [0.3, 0.4) is 0 Å². The second-order valence-electron chi connectivity index (χ2n) is 2.81. The van der Waals surface area contributed by atoms with Crippen LogP contribution in [0.2, 0.25) is 0 Å². The third-order valence-electron chi connectivity index (χ3n) is 1.59. The number of aromatic amines is 1. The predicted octanol–water partition coefficient (Wildman–Crippen LogP) is -0.0644. The number of hydrogen-bond donors (Lipinski definition) is 3. The number of carbonyl (C=O) groups is 1. The predicted molar refractivity (Wildman–Crippen MR) is 50.0 cm³/mol. The molecule has 0 aromatic carbocycles. The number of H-pyrrole nitrogens is 1. The fourth-order valence-electron chi connectivity index (χ4n) is 0.966. The van der Waals surface area contributed by atoms with E-state index >= 15 is 0 Å². The SMILES string of the molecule is Cc1noc(NC(=O)c2cc(N)n[nH]2)n1. The largest absolute Gasteiger partial charge is 0.382 e. The van der Waals surface area contributed by atoms with Gasteiger partial charge in [0.1, 0.15) is 11.5 Å². The number of nitrogens with two attached hydrogens (primary N) is 1. The number of rotatable bonds is 2. The number of aryl methyl sites for hydroxylation is 1. The Balaban J connectivity index is 2.10. The third kappa shape index (κ3) is 1.93. The summed E-state index contributed by atoms with van der Waals surface area (Å²) in [7, 11) is 0. The molecule has 2 rings (SSSR count). The average molecular weight is 208 g/mol. The van der Waals surface area contributed by atoms with E-state index in [0.29, 0.717) is 5.82 Å². The molecule has 2 aromatic rings. The summed E-state index contributed by atoms with van der Waals surface area (Å²) in [5.74, 6) is 0.235. The Morgan fingerprint density at radius 2 is 2.47 bits per heavy atom. The quantitative estimate of drug-likeness (QED) is 0.635. The number of nitrogens with zero attached hydrogens (tertiary/aromatic N) is 3. The molecular weight excluding hydrogens is 200 g/mol. The van der Waals surface area contributed by atoms with E-state index in [1.165, 1.54) is 6.07 Å². The van der Waals surface area contributed by atoms with Crippen LogP contribution >= 0.6 is 0 Å². The zero-order valence-electron chi connectivity index (χ0n) is 7.81. The minimum absolute atomic E-state index is 0.0330. The second-order valence-corrected chi connectivity index (χ2v) is 2.81. The summed E-state index contributed by atoms with van der Waals surface area (Å²) < 4.78 is 4.70. The molecule has 0 bridgehead atoms. The van der Waals surface area contributed by atoms with Crippen molar-refractivity contribution >= 4 is 17.7 Å². The highest BCUT2D eigenvalue weighted by Crippen LogP contribution is 2.06. The minimum atomic E-state index is -0.442. The van der Waals surface area contributed by atoms with Crippen molar-refractivity contribution < 1.29 is 9.32 Å². The fourth-order valence-corrected chi connectivity index (χ4v) is 0.966. The summed E-state index contributed by atoms with van der Waals surface area (Å²) in [6.07, 6.45) is 0. The van der Waals surface area contributed by atoms with Gasteiger partial charge in [0.25, 0.3) is 5.91 Å². The Kier molecular flexibility index (Phi) is 2.08. The molecule has 0 aliphatic rings. The summed E-state index contributed by atoms with van der Waals surface area (Å²) in [6.45, 7) is 1.65. The van der Waals surface area contributed by atoms with Crippen LogP contribution in [0, 0.1) is 6.92 Å². The van der Waals surface area contributed by atoms with Crippen molar-refractivity contribution in [3.63, 3.8) is 0 Å². The zero-order valence-corrected chi connectivity index (χ0v) is 7.81. The van der Waals surface area contributed by atoms with Gasteiger partial charge in [-0.15, -0.1) is 0 Å². The monoisotopic (exact) mass is 208 g/mol. The molecule has 0 radical (unpaired) electrons. The van der Waals surface area contributed by atoms with Crippen molar-refractivity contribution in [3.8, 4) is 0 Å². The molecule has 0 saturated heterocycles. The lowest BCUT2D eigenvalue weighted by Gasteiger charge is -1.94. The van der Waals surface area contributed by atoms with Crippen molar-refractivity contribution in [2.75, 3.05) is 11.1 Å². The number of nitrogens with one attached hydrogen (secondary N) is 2. The average Bonchev–Trinajstić information content (AvgIpc) is 2.75. The van der Waals surface area contributed by atoms with Crippen LogP contribution in [0.25, 0.3) is 0 Å². The van der Waals surface area contributed by atoms with Crippen molar-refractivity contribution in [2.45, 2.75) is 6.92 Å². The van der Waals surface area contributed by atoms with Crippen molar-refractivity contribution in [3.05, 3.63) is 17.6 Å². The Morgan fingerprint density at radius 1 is 1.67 bits per heavy atom. The molecule has 0 saturated carbocycles. The molecule has 15 heavy (non-hydrogen) atoms. The number of anilines is 2. The van der Waals surface area contributed by atoms with Crippen LogP contribution in [0.5, 0.6) is 0 Å². The van der Waals surface area contributed by atoms with Crippen LogP contribution in [0.4, 0.5) is 11.8 Å². The number of aromatic nitrogens is 4. The van der Waals surface area contributed by atoms with Gasteiger partial charge >= 0.3 is 6.01 Å². The number of hydrogen-bond acceptors (Lipinski definition) is 6. The molecule has 2 heterocycles. The Morgan fingerprint density at radius 3 is 3.00 bits per heavy atom. The molecule has 2 aromatic heterocycles. The molecule has 0 aliphatic carbocycles. The van der Waals surface area contributed by atoms with Crippen LogP contribution in [0.1, 0.15) is 16.3 Å². The Bertz CT molecular complexity index is 487. The van der Waals surface area contributed by atoms with Gasteiger partial charge in [-0.05, 0) is 6.92 Å².